The third kappa shape index (κ3) is 2.58. The van der Waals surface area contributed by atoms with Gasteiger partial charge in [-0.05, 0) is 59.8 Å². The first kappa shape index (κ1) is 12.7. The lowest BCUT2D eigenvalue weighted by Gasteiger charge is -2.40. The lowest BCUT2D eigenvalue weighted by molar-refractivity contribution is -0.0601. The zero-order valence-corrected chi connectivity index (χ0v) is 11.9. The number of nitrogens with one attached hydrogen (secondary N) is 1. The normalized spacial score (nSPS) is 17.6. The predicted molar refractivity (Wildman–Crippen MR) is 75.4 cm³/mol. The fraction of sp³-hybridized carbons (Fsp3) is 0.538. The minimum absolute atomic E-state index is 0.0364. The van der Waals surface area contributed by atoms with Crippen LogP contribution in [0.5, 0.6) is 0 Å². The molecule has 4 heteroatoms. The highest BCUT2D eigenvalue weighted by Gasteiger charge is 2.36. The van der Waals surface area contributed by atoms with Crippen molar-refractivity contribution in [3.8, 4) is 0 Å². The fourth-order valence-corrected chi connectivity index (χ4v) is 2.61. The van der Waals surface area contributed by atoms with Crippen molar-refractivity contribution in [2.45, 2.75) is 31.8 Å². The van der Waals surface area contributed by atoms with Crippen LogP contribution in [0.1, 0.15) is 24.8 Å². The number of halogens is 1. The molecule has 0 saturated heterocycles. The van der Waals surface area contributed by atoms with E-state index in [1.165, 1.54) is 6.42 Å². The molecule has 0 unspecified atom stereocenters. The standard InChI is InChI=1S/C13H19BrN2O/c1-9-6-12(10(14)7-11(9)15)16-8-13(17-2)4-3-5-13/h6-7,16H,3-5,8,15H2,1-2H3. The van der Waals surface area contributed by atoms with E-state index in [4.69, 9.17) is 10.5 Å². The van der Waals surface area contributed by atoms with Crippen LogP contribution in [0.4, 0.5) is 11.4 Å². The summed E-state index contributed by atoms with van der Waals surface area (Å²) in [7, 11) is 1.80. The quantitative estimate of drug-likeness (QED) is 0.838. The van der Waals surface area contributed by atoms with Crippen molar-refractivity contribution in [1.82, 2.24) is 0 Å². The molecule has 17 heavy (non-hydrogen) atoms. The monoisotopic (exact) mass is 298 g/mol. The number of hydrogen-bond acceptors (Lipinski definition) is 3. The van der Waals surface area contributed by atoms with E-state index in [0.717, 1.165) is 40.8 Å². The number of ether oxygens (including phenoxy) is 1. The van der Waals surface area contributed by atoms with Crippen LogP contribution >= 0.6 is 15.9 Å². The molecule has 1 aromatic carbocycles. The summed E-state index contributed by atoms with van der Waals surface area (Å²) in [5.74, 6) is 0. The highest BCUT2D eigenvalue weighted by molar-refractivity contribution is 9.10. The third-order valence-electron chi connectivity index (χ3n) is 3.65. The van der Waals surface area contributed by atoms with E-state index in [0.29, 0.717) is 0 Å². The molecule has 0 atom stereocenters. The van der Waals surface area contributed by atoms with E-state index < -0.39 is 0 Å². The maximum atomic E-state index is 5.85. The van der Waals surface area contributed by atoms with Crippen LogP contribution < -0.4 is 11.1 Å². The zero-order chi connectivity index (χ0) is 12.5. The van der Waals surface area contributed by atoms with Crippen molar-refractivity contribution in [2.75, 3.05) is 24.7 Å². The summed E-state index contributed by atoms with van der Waals surface area (Å²) in [4.78, 5) is 0. The molecule has 1 fully saturated rings. The Kier molecular flexibility index (Phi) is 3.64. The Morgan fingerprint density at radius 2 is 2.18 bits per heavy atom. The molecule has 0 aliphatic heterocycles. The van der Waals surface area contributed by atoms with E-state index in [2.05, 4.69) is 27.3 Å². The number of methoxy groups -OCH3 is 1. The lowest BCUT2D eigenvalue weighted by Crippen LogP contribution is -2.45. The van der Waals surface area contributed by atoms with Gasteiger partial charge >= 0.3 is 0 Å². The van der Waals surface area contributed by atoms with Crippen LogP contribution in [-0.2, 0) is 4.74 Å². The molecule has 0 aromatic heterocycles. The van der Waals surface area contributed by atoms with Crippen molar-refractivity contribution in [1.29, 1.82) is 0 Å². The van der Waals surface area contributed by atoms with Crippen LogP contribution in [0, 0.1) is 6.92 Å². The van der Waals surface area contributed by atoms with Gasteiger partial charge in [-0.15, -0.1) is 0 Å². The van der Waals surface area contributed by atoms with Crippen LogP contribution in [0.2, 0.25) is 0 Å². The molecule has 1 aromatic rings. The molecule has 1 saturated carbocycles. The first-order valence-corrected chi connectivity index (χ1v) is 6.70. The molecular formula is C13H19BrN2O. The van der Waals surface area contributed by atoms with Gasteiger partial charge in [0.1, 0.15) is 0 Å². The van der Waals surface area contributed by atoms with E-state index in [1.807, 2.05) is 13.0 Å². The second-order valence-corrected chi connectivity index (χ2v) is 5.64. The number of nitrogen functional groups attached to an aromatic ring is 1. The zero-order valence-electron chi connectivity index (χ0n) is 10.3. The molecule has 0 heterocycles. The molecular weight excluding hydrogens is 280 g/mol. The number of rotatable bonds is 4. The second kappa shape index (κ2) is 4.86. The summed E-state index contributed by atoms with van der Waals surface area (Å²) >= 11 is 3.53. The number of aryl methyl sites for hydroxylation is 1. The SMILES string of the molecule is COC1(CNc2cc(C)c(N)cc2Br)CCC1. The van der Waals surface area contributed by atoms with Crippen molar-refractivity contribution in [3.63, 3.8) is 0 Å². The number of benzene rings is 1. The Balaban J connectivity index is 2.06. The molecule has 0 spiro atoms. The van der Waals surface area contributed by atoms with Crippen LogP contribution in [0.15, 0.2) is 16.6 Å². The van der Waals surface area contributed by atoms with Crippen molar-refractivity contribution >= 4 is 27.3 Å². The van der Waals surface area contributed by atoms with Gasteiger partial charge in [-0.25, -0.2) is 0 Å². The largest absolute Gasteiger partial charge is 0.398 e. The summed E-state index contributed by atoms with van der Waals surface area (Å²) in [5.41, 5.74) is 8.88. The summed E-state index contributed by atoms with van der Waals surface area (Å²) in [6.45, 7) is 2.87. The van der Waals surface area contributed by atoms with Gasteiger partial charge in [0.2, 0.25) is 0 Å². The van der Waals surface area contributed by atoms with Crippen molar-refractivity contribution in [3.05, 3.63) is 22.2 Å². The Hall–Kier alpha value is -0.740. The van der Waals surface area contributed by atoms with Gasteiger partial charge in [0, 0.05) is 29.5 Å². The Labute approximate surface area is 111 Å². The summed E-state index contributed by atoms with van der Waals surface area (Å²) in [5, 5.41) is 3.45. The van der Waals surface area contributed by atoms with E-state index in [9.17, 15) is 0 Å². The van der Waals surface area contributed by atoms with Crippen LogP contribution in [0.3, 0.4) is 0 Å². The molecule has 94 valence electrons. The van der Waals surface area contributed by atoms with Gasteiger partial charge in [-0.2, -0.15) is 0 Å². The van der Waals surface area contributed by atoms with E-state index >= 15 is 0 Å². The third-order valence-corrected chi connectivity index (χ3v) is 4.31. The molecule has 1 aliphatic carbocycles. The molecule has 1 aliphatic rings. The average Bonchev–Trinajstić information content (AvgIpc) is 2.24. The minimum atomic E-state index is 0.0364. The highest BCUT2D eigenvalue weighted by Crippen LogP contribution is 2.36. The number of nitrogens with two attached hydrogens (primary N) is 1. The number of hydrogen-bond donors (Lipinski definition) is 2. The fourth-order valence-electron chi connectivity index (χ4n) is 2.11. The van der Waals surface area contributed by atoms with Crippen LogP contribution in [-0.4, -0.2) is 19.3 Å². The maximum absolute atomic E-state index is 5.85. The highest BCUT2D eigenvalue weighted by atomic mass is 79.9. The summed E-state index contributed by atoms with van der Waals surface area (Å²) in [6, 6.07) is 4.01. The van der Waals surface area contributed by atoms with Gasteiger partial charge in [0.15, 0.2) is 0 Å². The van der Waals surface area contributed by atoms with Gasteiger partial charge < -0.3 is 15.8 Å². The molecule has 2 rings (SSSR count). The average molecular weight is 299 g/mol. The summed E-state index contributed by atoms with van der Waals surface area (Å²) < 4.78 is 6.59. The minimum Gasteiger partial charge on any atom is -0.398 e. The second-order valence-electron chi connectivity index (χ2n) is 4.78. The lowest BCUT2D eigenvalue weighted by atomic mass is 9.80. The number of anilines is 2. The van der Waals surface area contributed by atoms with Crippen molar-refractivity contribution in [2.24, 2.45) is 0 Å². The molecule has 0 radical (unpaired) electrons. The first-order valence-electron chi connectivity index (χ1n) is 5.91. The smallest absolute Gasteiger partial charge is 0.0850 e. The predicted octanol–water partition coefficient (Wildman–Crippen LogP) is 3.32. The first-order chi connectivity index (χ1) is 8.06. The Bertz CT molecular complexity index is 411. The van der Waals surface area contributed by atoms with Crippen molar-refractivity contribution < 1.29 is 4.74 Å². The topological polar surface area (TPSA) is 47.3 Å². The molecule has 3 nitrogen and oxygen atoms in total. The Morgan fingerprint density at radius 3 is 2.71 bits per heavy atom. The van der Waals surface area contributed by atoms with Crippen LogP contribution in [0.25, 0.3) is 0 Å². The summed E-state index contributed by atoms with van der Waals surface area (Å²) in [6.07, 6.45) is 3.54. The maximum Gasteiger partial charge on any atom is 0.0850 e. The van der Waals surface area contributed by atoms with Gasteiger partial charge in [-0.3, -0.25) is 0 Å². The molecule has 0 amide bonds. The van der Waals surface area contributed by atoms with E-state index in [-0.39, 0.29) is 5.60 Å². The van der Waals surface area contributed by atoms with Gasteiger partial charge in [0.05, 0.1) is 5.60 Å². The van der Waals surface area contributed by atoms with Gasteiger partial charge in [0.25, 0.3) is 0 Å². The Morgan fingerprint density at radius 1 is 1.47 bits per heavy atom. The molecule has 0 bridgehead atoms. The molecule has 3 N–H and O–H groups in total. The van der Waals surface area contributed by atoms with Gasteiger partial charge in [-0.1, -0.05) is 0 Å². The van der Waals surface area contributed by atoms with E-state index in [1.54, 1.807) is 7.11 Å².